The molecule has 1 heterocycles. The Morgan fingerprint density at radius 2 is 2.06 bits per heavy atom. The lowest BCUT2D eigenvalue weighted by molar-refractivity contribution is 0.112. The van der Waals surface area contributed by atoms with Gasteiger partial charge in [-0.2, -0.15) is 0 Å². The lowest BCUT2D eigenvalue weighted by Gasteiger charge is -2.23. The number of carbonyl (C=O) groups is 1. The van der Waals surface area contributed by atoms with Gasteiger partial charge in [0.15, 0.2) is 6.29 Å². The minimum Gasteiger partial charge on any atom is -0.369 e. The van der Waals surface area contributed by atoms with Crippen LogP contribution in [0.1, 0.15) is 43.4 Å². The highest BCUT2D eigenvalue weighted by molar-refractivity contribution is 6.32. The summed E-state index contributed by atoms with van der Waals surface area (Å²) >= 11 is 5.90. The van der Waals surface area contributed by atoms with Crippen molar-refractivity contribution in [3.63, 3.8) is 0 Å². The van der Waals surface area contributed by atoms with Gasteiger partial charge >= 0.3 is 0 Å². The van der Waals surface area contributed by atoms with Crippen LogP contribution in [-0.4, -0.2) is 22.8 Å². The molecule has 1 aromatic heterocycles. The molecule has 4 nitrogen and oxygen atoms in total. The van der Waals surface area contributed by atoms with E-state index in [-0.39, 0.29) is 10.6 Å². The second-order valence-electron chi connectivity index (χ2n) is 4.81. The van der Waals surface area contributed by atoms with E-state index in [0.29, 0.717) is 23.5 Å². The van der Waals surface area contributed by atoms with Crippen LogP contribution in [0.15, 0.2) is 0 Å². The van der Waals surface area contributed by atoms with Gasteiger partial charge in [-0.1, -0.05) is 32.4 Å². The van der Waals surface area contributed by atoms with E-state index in [0.717, 1.165) is 13.0 Å². The largest absolute Gasteiger partial charge is 0.369 e. The van der Waals surface area contributed by atoms with Crippen LogP contribution in [0.3, 0.4) is 0 Å². The van der Waals surface area contributed by atoms with E-state index in [4.69, 9.17) is 11.6 Å². The van der Waals surface area contributed by atoms with Gasteiger partial charge < -0.3 is 5.32 Å². The summed E-state index contributed by atoms with van der Waals surface area (Å²) in [6, 6.07) is 0. The number of hydrogen-bond acceptors (Lipinski definition) is 4. The normalized spacial score (nSPS) is 11.4. The number of carbonyl (C=O) groups excluding carboxylic acids is 1. The van der Waals surface area contributed by atoms with E-state index in [2.05, 4.69) is 36.1 Å². The van der Waals surface area contributed by atoms with E-state index < -0.39 is 0 Å². The monoisotopic (exact) mass is 255 g/mol. The fourth-order valence-corrected chi connectivity index (χ4v) is 1.49. The molecule has 0 aliphatic heterocycles. The molecule has 0 amide bonds. The van der Waals surface area contributed by atoms with Gasteiger partial charge in [-0.05, 0) is 18.8 Å². The van der Waals surface area contributed by atoms with Crippen molar-refractivity contribution in [1.29, 1.82) is 0 Å². The molecule has 0 unspecified atom stereocenters. The fraction of sp³-hybridized carbons (Fsp3) is 0.583. The summed E-state index contributed by atoms with van der Waals surface area (Å²) < 4.78 is 0. The highest BCUT2D eigenvalue weighted by atomic mass is 35.5. The van der Waals surface area contributed by atoms with Crippen LogP contribution in [0.5, 0.6) is 0 Å². The third-order valence-electron chi connectivity index (χ3n) is 2.82. The summed E-state index contributed by atoms with van der Waals surface area (Å²) in [6.45, 7) is 8.90. The highest BCUT2D eigenvalue weighted by Gasteiger charge is 2.17. The van der Waals surface area contributed by atoms with Crippen molar-refractivity contribution in [1.82, 2.24) is 9.97 Å². The summed E-state index contributed by atoms with van der Waals surface area (Å²) in [7, 11) is 0. The standard InChI is InChI=1S/C12H18ClN3O/c1-5-12(3,4)7-14-11-9(6-17)10(13)15-8(2)16-11/h6H,5,7H2,1-4H3,(H,14,15,16). The average Bonchev–Trinajstić information content (AvgIpc) is 2.26. The van der Waals surface area contributed by atoms with Crippen LogP contribution in [-0.2, 0) is 0 Å². The van der Waals surface area contributed by atoms with Crippen LogP contribution in [0, 0.1) is 12.3 Å². The van der Waals surface area contributed by atoms with Crippen LogP contribution >= 0.6 is 11.6 Å². The zero-order valence-electron chi connectivity index (χ0n) is 10.7. The second-order valence-corrected chi connectivity index (χ2v) is 5.17. The number of hydrogen-bond donors (Lipinski definition) is 1. The summed E-state index contributed by atoms with van der Waals surface area (Å²) in [6.07, 6.45) is 1.72. The van der Waals surface area contributed by atoms with Gasteiger partial charge in [0.25, 0.3) is 0 Å². The van der Waals surface area contributed by atoms with Gasteiger partial charge in [0.05, 0.1) is 5.56 Å². The highest BCUT2D eigenvalue weighted by Crippen LogP contribution is 2.23. The molecular formula is C12H18ClN3O. The van der Waals surface area contributed by atoms with Gasteiger partial charge in [0, 0.05) is 6.54 Å². The zero-order valence-corrected chi connectivity index (χ0v) is 11.4. The molecule has 0 saturated carbocycles. The Morgan fingerprint density at radius 1 is 1.41 bits per heavy atom. The Bertz CT molecular complexity index is 418. The van der Waals surface area contributed by atoms with Crippen LogP contribution < -0.4 is 5.32 Å². The minimum absolute atomic E-state index is 0.144. The SMILES string of the molecule is CCC(C)(C)CNc1nc(C)nc(Cl)c1C=O. The lowest BCUT2D eigenvalue weighted by atomic mass is 9.90. The van der Waals surface area contributed by atoms with Crippen molar-refractivity contribution in [3.8, 4) is 0 Å². The van der Waals surface area contributed by atoms with Gasteiger partial charge in [-0.3, -0.25) is 4.79 Å². The van der Waals surface area contributed by atoms with Crippen LogP contribution in [0.4, 0.5) is 5.82 Å². The Balaban J connectivity index is 2.94. The molecule has 0 saturated heterocycles. The maximum absolute atomic E-state index is 10.9. The van der Waals surface area contributed by atoms with Gasteiger partial charge in [-0.25, -0.2) is 9.97 Å². The molecule has 0 atom stereocenters. The zero-order chi connectivity index (χ0) is 13.1. The van der Waals surface area contributed by atoms with Crippen molar-refractivity contribution in [3.05, 3.63) is 16.5 Å². The van der Waals surface area contributed by atoms with Gasteiger partial charge in [0.1, 0.15) is 16.8 Å². The minimum atomic E-state index is 0.144. The third-order valence-corrected chi connectivity index (χ3v) is 3.11. The van der Waals surface area contributed by atoms with Crippen molar-refractivity contribution in [2.45, 2.75) is 34.1 Å². The Kier molecular flexibility index (Phi) is 4.46. The Labute approximate surface area is 107 Å². The number of rotatable bonds is 5. The number of aromatic nitrogens is 2. The van der Waals surface area contributed by atoms with Gasteiger partial charge in [-0.15, -0.1) is 0 Å². The molecule has 0 radical (unpaired) electrons. The molecule has 0 aliphatic carbocycles. The average molecular weight is 256 g/mol. The summed E-state index contributed by atoms with van der Waals surface area (Å²) in [4.78, 5) is 19.1. The van der Waals surface area contributed by atoms with Crippen molar-refractivity contribution in [2.75, 3.05) is 11.9 Å². The molecule has 0 fully saturated rings. The first-order valence-electron chi connectivity index (χ1n) is 5.63. The number of aryl methyl sites for hydroxylation is 1. The number of nitrogens with one attached hydrogen (secondary N) is 1. The van der Waals surface area contributed by atoms with E-state index >= 15 is 0 Å². The molecule has 0 aliphatic rings. The lowest BCUT2D eigenvalue weighted by Crippen LogP contribution is -2.23. The molecule has 17 heavy (non-hydrogen) atoms. The predicted octanol–water partition coefficient (Wildman–Crippen LogP) is 3.10. The van der Waals surface area contributed by atoms with Crippen LogP contribution in [0.2, 0.25) is 5.15 Å². The maximum atomic E-state index is 10.9. The Hall–Kier alpha value is -1.16. The first-order chi connectivity index (χ1) is 7.89. The first kappa shape index (κ1) is 13.9. The first-order valence-corrected chi connectivity index (χ1v) is 6.00. The number of nitrogens with zero attached hydrogens (tertiary/aromatic N) is 2. The molecule has 0 bridgehead atoms. The molecule has 5 heteroatoms. The quantitative estimate of drug-likeness (QED) is 0.649. The third kappa shape index (κ3) is 3.66. The Morgan fingerprint density at radius 3 is 2.59 bits per heavy atom. The molecule has 1 aromatic rings. The molecule has 1 N–H and O–H groups in total. The smallest absolute Gasteiger partial charge is 0.156 e. The second kappa shape index (κ2) is 5.45. The number of aldehydes is 1. The van der Waals surface area contributed by atoms with Crippen molar-refractivity contribution >= 4 is 23.7 Å². The topological polar surface area (TPSA) is 54.9 Å². The summed E-state index contributed by atoms with van der Waals surface area (Å²) in [5, 5.41) is 3.37. The van der Waals surface area contributed by atoms with E-state index in [9.17, 15) is 4.79 Å². The number of halogens is 1. The maximum Gasteiger partial charge on any atom is 0.156 e. The van der Waals surface area contributed by atoms with E-state index in [1.54, 1.807) is 6.92 Å². The summed E-state index contributed by atoms with van der Waals surface area (Å²) in [5.41, 5.74) is 0.468. The van der Waals surface area contributed by atoms with Crippen LogP contribution in [0.25, 0.3) is 0 Å². The molecule has 0 spiro atoms. The predicted molar refractivity (Wildman–Crippen MR) is 69.7 cm³/mol. The van der Waals surface area contributed by atoms with Crippen molar-refractivity contribution < 1.29 is 4.79 Å². The molecule has 1 rings (SSSR count). The molecule has 0 aromatic carbocycles. The summed E-state index contributed by atoms with van der Waals surface area (Å²) in [5.74, 6) is 1.07. The van der Waals surface area contributed by atoms with E-state index in [1.807, 2.05) is 0 Å². The number of anilines is 1. The van der Waals surface area contributed by atoms with E-state index in [1.165, 1.54) is 0 Å². The molecule has 94 valence electrons. The van der Waals surface area contributed by atoms with Gasteiger partial charge in [0.2, 0.25) is 0 Å². The fourth-order valence-electron chi connectivity index (χ4n) is 1.23. The molecular weight excluding hydrogens is 238 g/mol. The van der Waals surface area contributed by atoms with Crippen molar-refractivity contribution in [2.24, 2.45) is 5.41 Å².